The Balaban J connectivity index is 2.39. The van der Waals surface area contributed by atoms with Crippen LogP contribution in [0.2, 0.25) is 15.1 Å². The molecule has 0 aliphatic carbocycles. The number of amides is 2. The molecule has 1 aromatic rings. The van der Waals surface area contributed by atoms with Crippen molar-refractivity contribution in [1.82, 2.24) is 5.32 Å². The van der Waals surface area contributed by atoms with Crippen molar-refractivity contribution >= 4 is 46.5 Å². The fourth-order valence-electron chi connectivity index (χ4n) is 1.58. The lowest BCUT2D eigenvalue weighted by Crippen LogP contribution is -2.46. The van der Waals surface area contributed by atoms with Crippen LogP contribution < -0.4 is 10.2 Å². The molecule has 0 saturated carbocycles. The lowest BCUT2D eigenvalue weighted by atomic mass is 10.2. The smallest absolute Gasteiger partial charge is 0.321 e. The number of urea groups is 1. The van der Waals surface area contributed by atoms with Gasteiger partial charge >= 0.3 is 6.03 Å². The summed E-state index contributed by atoms with van der Waals surface area (Å²) >= 11 is 17.8. The van der Waals surface area contributed by atoms with E-state index in [1.165, 1.54) is 0 Å². The first-order valence-electron chi connectivity index (χ1n) is 4.79. The highest BCUT2D eigenvalue weighted by molar-refractivity contribution is 6.44. The molecule has 6 heteroatoms. The summed E-state index contributed by atoms with van der Waals surface area (Å²) in [5.41, 5.74) is 0.591. The van der Waals surface area contributed by atoms with Crippen molar-refractivity contribution in [2.24, 2.45) is 0 Å². The maximum Gasteiger partial charge on any atom is 0.321 e. The fraction of sp³-hybridized carbons (Fsp3) is 0.300. The summed E-state index contributed by atoms with van der Waals surface area (Å²) in [4.78, 5) is 13.2. The standard InChI is InChI=1S/C10H9Cl3N2O/c11-6-4-8(13)9(5-7(6)12)15-3-1-2-14-10(15)16/h4-5H,1-3H2,(H,14,16). The Hall–Kier alpha value is -0.640. The minimum absolute atomic E-state index is 0.161. The summed E-state index contributed by atoms with van der Waals surface area (Å²) in [5, 5.41) is 3.94. The molecule has 16 heavy (non-hydrogen) atoms. The van der Waals surface area contributed by atoms with Gasteiger partial charge in [0.05, 0.1) is 20.8 Å². The van der Waals surface area contributed by atoms with Crippen LogP contribution in [-0.2, 0) is 0 Å². The van der Waals surface area contributed by atoms with E-state index in [1.54, 1.807) is 17.0 Å². The Morgan fingerprint density at radius 2 is 1.81 bits per heavy atom. The second-order valence-corrected chi connectivity index (χ2v) is 4.68. The van der Waals surface area contributed by atoms with Gasteiger partial charge in [-0.05, 0) is 18.6 Å². The number of hydrogen-bond acceptors (Lipinski definition) is 1. The normalized spacial score (nSPS) is 16.2. The molecule has 0 bridgehead atoms. The van der Waals surface area contributed by atoms with E-state index in [0.717, 1.165) is 6.42 Å². The van der Waals surface area contributed by atoms with Crippen LogP contribution >= 0.6 is 34.8 Å². The molecule has 3 nitrogen and oxygen atoms in total. The first-order chi connectivity index (χ1) is 7.59. The third kappa shape index (κ3) is 2.21. The third-order valence-electron chi connectivity index (χ3n) is 2.36. The SMILES string of the molecule is O=C1NCCCN1c1cc(Cl)c(Cl)cc1Cl. The Labute approximate surface area is 108 Å². The molecule has 1 aliphatic rings. The summed E-state index contributed by atoms with van der Waals surface area (Å²) < 4.78 is 0. The zero-order valence-corrected chi connectivity index (χ0v) is 10.5. The second-order valence-electron chi connectivity index (χ2n) is 3.45. The average Bonchev–Trinajstić information content (AvgIpc) is 2.25. The third-order valence-corrected chi connectivity index (χ3v) is 3.39. The summed E-state index contributed by atoms with van der Waals surface area (Å²) in [6.07, 6.45) is 0.877. The number of rotatable bonds is 1. The number of anilines is 1. The maximum absolute atomic E-state index is 11.6. The average molecular weight is 280 g/mol. The maximum atomic E-state index is 11.6. The van der Waals surface area contributed by atoms with Crippen LogP contribution in [0, 0.1) is 0 Å². The van der Waals surface area contributed by atoms with Gasteiger partial charge in [-0.25, -0.2) is 4.79 Å². The zero-order chi connectivity index (χ0) is 11.7. The van der Waals surface area contributed by atoms with Crippen molar-refractivity contribution in [3.63, 3.8) is 0 Å². The monoisotopic (exact) mass is 278 g/mol. The van der Waals surface area contributed by atoms with Gasteiger partial charge < -0.3 is 5.32 Å². The molecule has 1 N–H and O–H groups in total. The molecule has 1 heterocycles. The van der Waals surface area contributed by atoms with Crippen molar-refractivity contribution in [3.05, 3.63) is 27.2 Å². The van der Waals surface area contributed by atoms with Crippen LogP contribution in [0.25, 0.3) is 0 Å². The van der Waals surface area contributed by atoms with E-state index in [1.807, 2.05) is 0 Å². The first kappa shape index (κ1) is 11.8. The van der Waals surface area contributed by atoms with Crippen molar-refractivity contribution < 1.29 is 4.79 Å². The predicted molar refractivity (Wildman–Crippen MR) is 66.8 cm³/mol. The predicted octanol–water partition coefficient (Wildman–Crippen LogP) is 3.57. The fourth-order valence-corrected chi connectivity index (χ4v) is 2.22. The van der Waals surface area contributed by atoms with E-state index < -0.39 is 0 Å². The van der Waals surface area contributed by atoms with Crippen LogP contribution in [0.15, 0.2) is 12.1 Å². The van der Waals surface area contributed by atoms with E-state index in [4.69, 9.17) is 34.8 Å². The van der Waals surface area contributed by atoms with Gasteiger partial charge in [-0.15, -0.1) is 0 Å². The van der Waals surface area contributed by atoms with Gasteiger partial charge in [-0.2, -0.15) is 0 Å². The number of nitrogens with zero attached hydrogens (tertiary/aromatic N) is 1. The largest absolute Gasteiger partial charge is 0.338 e. The van der Waals surface area contributed by atoms with Crippen LogP contribution in [0.4, 0.5) is 10.5 Å². The molecule has 1 aromatic carbocycles. The van der Waals surface area contributed by atoms with Crippen molar-refractivity contribution in [1.29, 1.82) is 0 Å². The molecule has 0 radical (unpaired) electrons. The number of hydrogen-bond donors (Lipinski definition) is 1. The van der Waals surface area contributed by atoms with Gasteiger partial charge in [0.15, 0.2) is 0 Å². The van der Waals surface area contributed by atoms with E-state index in [-0.39, 0.29) is 6.03 Å². The molecule has 1 fully saturated rings. The Morgan fingerprint density at radius 1 is 1.12 bits per heavy atom. The first-order valence-corrected chi connectivity index (χ1v) is 5.93. The highest BCUT2D eigenvalue weighted by Crippen LogP contribution is 2.35. The highest BCUT2D eigenvalue weighted by atomic mass is 35.5. The number of benzene rings is 1. The van der Waals surface area contributed by atoms with Gasteiger partial charge in [0.1, 0.15) is 0 Å². The molecule has 2 amide bonds. The summed E-state index contributed by atoms with van der Waals surface area (Å²) in [7, 11) is 0. The molecule has 1 saturated heterocycles. The zero-order valence-electron chi connectivity index (χ0n) is 8.27. The molecule has 0 aromatic heterocycles. The Kier molecular flexibility index (Phi) is 3.47. The van der Waals surface area contributed by atoms with Gasteiger partial charge in [-0.3, -0.25) is 4.90 Å². The lowest BCUT2D eigenvalue weighted by molar-refractivity contribution is 0.243. The summed E-state index contributed by atoms with van der Waals surface area (Å²) in [6.45, 7) is 1.32. The molecule has 0 spiro atoms. The van der Waals surface area contributed by atoms with Gasteiger partial charge in [0.2, 0.25) is 0 Å². The topological polar surface area (TPSA) is 32.3 Å². The summed E-state index contributed by atoms with van der Waals surface area (Å²) in [6, 6.07) is 2.99. The van der Waals surface area contributed by atoms with E-state index in [9.17, 15) is 4.79 Å². The lowest BCUT2D eigenvalue weighted by Gasteiger charge is -2.28. The molecular formula is C10H9Cl3N2O. The number of halogens is 3. The van der Waals surface area contributed by atoms with Crippen molar-refractivity contribution in [2.75, 3.05) is 18.0 Å². The Bertz CT molecular complexity index is 436. The number of carbonyl (C=O) groups excluding carboxylic acids is 1. The number of nitrogens with one attached hydrogen (secondary N) is 1. The van der Waals surface area contributed by atoms with Crippen LogP contribution in [0.1, 0.15) is 6.42 Å². The molecular weight excluding hydrogens is 270 g/mol. The van der Waals surface area contributed by atoms with Crippen molar-refractivity contribution in [2.45, 2.75) is 6.42 Å². The highest BCUT2D eigenvalue weighted by Gasteiger charge is 2.22. The van der Waals surface area contributed by atoms with Crippen LogP contribution in [0.3, 0.4) is 0 Å². The molecule has 2 rings (SSSR count). The summed E-state index contributed by atoms with van der Waals surface area (Å²) in [5.74, 6) is 0. The van der Waals surface area contributed by atoms with E-state index in [0.29, 0.717) is 33.8 Å². The quantitative estimate of drug-likeness (QED) is 0.783. The molecule has 0 unspecified atom stereocenters. The minimum atomic E-state index is -0.161. The molecule has 1 aliphatic heterocycles. The minimum Gasteiger partial charge on any atom is -0.338 e. The van der Waals surface area contributed by atoms with Gasteiger partial charge in [0.25, 0.3) is 0 Å². The van der Waals surface area contributed by atoms with Crippen LogP contribution in [0.5, 0.6) is 0 Å². The Morgan fingerprint density at radius 3 is 2.50 bits per heavy atom. The second kappa shape index (κ2) is 4.70. The molecule has 86 valence electrons. The van der Waals surface area contributed by atoms with Gasteiger partial charge in [0, 0.05) is 13.1 Å². The van der Waals surface area contributed by atoms with E-state index in [2.05, 4.69) is 5.32 Å². The van der Waals surface area contributed by atoms with Crippen molar-refractivity contribution in [3.8, 4) is 0 Å². The number of carbonyl (C=O) groups is 1. The van der Waals surface area contributed by atoms with Gasteiger partial charge in [-0.1, -0.05) is 34.8 Å². The van der Waals surface area contributed by atoms with Crippen LogP contribution in [-0.4, -0.2) is 19.1 Å². The molecule has 0 atom stereocenters. The van der Waals surface area contributed by atoms with E-state index >= 15 is 0 Å².